The topological polar surface area (TPSA) is 0 Å². The second-order valence-electron chi connectivity index (χ2n) is 14.3. The van der Waals surface area contributed by atoms with Crippen molar-refractivity contribution in [1.82, 2.24) is 0 Å². The number of halogens is 2. The molecule has 0 saturated carbocycles. The number of rotatable bonds is 1. The number of hydrogen-bond acceptors (Lipinski definition) is 0. The van der Waals surface area contributed by atoms with E-state index in [-0.39, 0.29) is 53.2 Å². The van der Waals surface area contributed by atoms with Gasteiger partial charge in [-0.25, -0.2) is 0 Å². The molecule has 0 radical (unpaired) electrons. The van der Waals surface area contributed by atoms with E-state index >= 15 is 0 Å². The standard InChI is InChI=1S/C13H22P.C5H5.2ClH.Fe.Pd/c1-12(2,3)14(13(4,5)6)11-9-7-8-10-11;1-2-4-5-3-1;;;;/h7-10H,1-6H3;1-5H;2*1H;;. The van der Waals surface area contributed by atoms with Crippen LogP contribution >= 0.6 is 32.7 Å². The van der Waals surface area contributed by atoms with Gasteiger partial charge in [-0.15, -0.1) is 24.8 Å². The van der Waals surface area contributed by atoms with Gasteiger partial charge in [0.15, 0.2) is 0 Å². The molecular formula is C18H29Cl2FePPd. The van der Waals surface area contributed by atoms with Crippen molar-refractivity contribution in [3.05, 3.63) is 0 Å². The minimum atomic E-state index is -2.88. The molecule has 4 atom stereocenters. The summed E-state index contributed by atoms with van der Waals surface area (Å²) in [5.41, 5.74) is 0. The van der Waals surface area contributed by atoms with Crippen LogP contribution in [0.25, 0.3) is 0 Å². The van der Waals surface area contributed by atoms with Crippen molar-refractivity contribution in [2.75, 3.05) is 0 Å². The molecule has 0 bridgehead atoms. The van der Waals surface area contributed by atoms with Gasteiger partial charge in [0.2, 0.25) is 0 Å². The number of fused-ring (bicyclic) bond motifs is 10. The van der Waals surface area contributed by atoms with Crippen LogP contribution in [-0.2, 0) is 26.9 Å². The zero-order valence-corrected chi connectivity index (χ0v) is 19.8. The van der Waals surface area contributed by atoms with E-state index in [4.69, 9.17) is 0 Å². The average Bonchev–Trinajstić information content (AvgIpc) is 3.20. The van der Waals surface area contributed by atoms with Gasteiger partial charge in [-0.05, 0) is 0 Å². The zero-order valence-electron chi connectivity index (χ0n) is 14.6. The van der Waals surface area contributed by atoms with Crippen LogP contribution in [0.3, 0.4) is 0 Å². The van der Waals surface area contributed by atoms with Crippen molar-refractivity contribution >= 4 is 32.7 Å². The summed E-state index contributed by atoms with van der Waals surface area (Å²) in [6.45, 7) is 12.9. The predicted molar refractivity (Wildman–Crippen MR) is 97.4 cm³/mol. The molecule has 0 amide bonds. The van der Waals surface area contributed by atoms with Crippen molar-refractivity contribution in [3.63, 3.8) is 0 Å². The van der Waals surface area contributed by atoms with E-state index in [2.05, 4.69) is 41.5 Å². The summed E-state index contributed by atoms with van der Waals surface area (Å²) in [6, 6.07) is 0. The molecule has 0 N–H and O–H groups in total. The maximum Gasteiger partial charge on any atom is 0 e. The molecule has 1 spiro atoms. The summed E-state index contributed by atoms with van der Waals surface area (Å²) in [5.74, 6) is 0. The van der Waals surface area contributed by atoms with Gasteiger partial charge in [-0.2, -0.15) is 0 Å². The number of hydrogen-bond donors (Lipinski definition) is 0. The summed E-state index contributed by atoms with van der Waals surface area (Å²) < 4.78 is 1.14. The summed E-state index contributed by atoms with van der Waals surface area (Å²) in [6.07, 6.45) is 0. The fourth-order valence-corrected chi connectivity index (χ4v) is 111. The summed E-state index contributed by atoms with van der Waals surface area (Å²) in [5, 5.41) is 1.23. The molecule has 4 unspecified atom stereocenters. The van der Waals surface area contributed by atoms with Crippen molar-refractivity contribution in [2.45, 2.75) is 99.3 Å². The largest absolute Gasteiger partial charge is 0.147 e. The Morgan fingerprint density at radius 3 is 1.09 bits per heavy atom. The van der Waals surface area contributed by atoms with Crippen LogP contribution < -0.4 is 0 Å². The van der Waals surface area contributed by atoms with Gasteiger partial charge in [0, 0.05) is 20.4 Å². The molecule has 10 aliphatic rings. The van der Waals surface area contributed by atoms with E-state index in [9.17, 15) is 0 Å². The first-order chi connectivity index (χ1) is 8.91. The molecular weight excluding hydrogens is 480 g/mol. The van der Waals surface area contributed by atoms with Crippen LogP contribution in [-0.4, -0.2) is 14.4 Å². The predicted octanol–water partition coefficient (Wildman–Crippen LogP) is 7.20. The summed E-state index contributed by atoms with van der Waals surface area (Å²) in [4.78, 5) is 13.6. The average molecular weight is 510 g/mol. The molecule has 0 aromatic heterocycles. The molecule has 23 heavy (non-hydrogen) atoms. The van der Waals surface area contributed by atoms with Gasteiger partial charge in [-0.1, -0.05) is 0 Å². The normalized spacial score (nSPS) is 91.5. The minimum absolute atomic E-state index is 0. The summed E-state index contributed by atoms with van der Waals surface area (Å²) in [7, 11) is 0.240. The Morgan fingerprint density at radius 1 is 0.652 bits per heavy atom. The van der Waals surface area contributed by atoms with Gasteiger partial charge >= 0.3 is 114 Å². The Kier molecular flexibility index (Phi) is 0.946. The van der Waals surface area contributed by atoms with Gasteiger partial charge in [0.05, 0.1) is 0 Å². The molecule has 10 aliphatic heterocycles. The van der Waals surface area contributed by atoms with Crippen LogP contribution in [0.5, 0.6) is 0 Å². The molecule has 5 heteroatoms. The third kappa shape index (κ3) is 0.219. The molecule has 138 valence electrons. The van der Waals surface area contributed by atoms with E-state index < -0.39 is 6.51 Å². The van der Waals surface area contributed by atoms with Crippen molar-refractivity contribution in [3.8, 4) is 0 Å². The first-order valence-corrected chi connectivity index (χ1v) is 16.6. The van der Waals surface area contributed by atoms with E-state index in [1.807, 2.05) is 0 Å². The Bertz CT molecular complexity index is 974. The van der Waals surface area contributed by atoms with Gasteiger partial charge < -0.3 is 0 Å². The Balaban J connectivity index is 0.000000350. The van der Waals surface area contributed by atoms with E-state index in [1.54, 1.807) is 0 Å². The Hall–Kier alpha value is 2.19. The molecule has 0 aromatic rings. The van der Waals surface area contributed by atoms with Crippen LogP contribution in [0.1, 0.15) is 41.5 Å². The molecule has 10 fully saturated rings. The quantitative estimate of drug-likeness (QED) is 0.259. The van der Waals surface area contributed by atoms with Crippen LogP contribution in [0, 0.1) is 0 Å². The maximum atomic E-state index is 2.64. The first-order valence-electron chi connectivity index (χ1n) is 8.93. The Morgan fingerprint density at radius 2 is 0.957 bits per heavy atom. The molecule has 10 rings (SSSR count). The smallest absolute Gasteiger partial charge is 0 e. The zero-order chi connectivity index (χ0) is 13.6. The molecule has 0 aliphatic carbocycles. The van der Waals surface area contributed by atoms with Crippen LogP contribution in [0.4, 0.5) is 0 Å². The molecule has 0 aromatic carbocycles. The van der Waals surface area contributed by atoms with Crippen LogP contribution in [0.2, 0.25) is 43.3 Å². The maximum absolute atomic E-state index is 2.88. The molecule has 0 nitrogen and oxygen atoms in total. The molecule has 10 saturated heterocycles. The van der Waals surface area contributed by atoms with Gasteiger partial charge in [0.1, 0.15) is 0 Å². The van der Waals surface area contributed by atoms with Crippen molar-refractivity contribution in [2.24, 2.45) is 0 Å². The Labute approximate surface area is 158 Å². The summed E-state index contributed by atoms with van der Waals surface area (Å²) >= 11 is 0. The van der Waals surface area contributed by atoms with E-state index in [0.717, 1.165) is 4.05 Å². The van der Waals surface area contributed by atoms with E-state index in [0.29, 0.717) is 10.3 Å². The van der Waals surface area contributed by atoms with Crippen molar-refractivity contribution < 1.29 is 26.9 Å². The third-order valence-corrected chi connectivity index (χ3v) is 66.7. The van der Waals surface area contributed by atoms with Gasteiger partial charge in [0.25, 0.3) is 0 Å². The molecule has 10 heterocycles. The second-order valence-corrected chi connectivity index (χ2v) is 42.4. The van der Waals surface area contributed by atoms with E-state index in [1.165, 1.54) is 43.3 Å². The first kappa shape index (κ1) is 15.2. The monoisotopic (exact) mass is 508 g/mol. The minimum Gasteiger partial charge on any atom is -0.147 e. The van der Waals surface area contributed by atoms with Gasteiger partial charge in [-0.3, -0.25) is 0 Å². The van der Waals surface area contributed by atoms with Crippen molar-refractivity contribution in [1.29, 1.82) is 0 Å². The fourth-order valence-electron chi connectivity index (χ4n) is 18.7. The third-order valence-electron chi connectivity index (χ3n) is 16.3. The van der Waals surface area contributed by atoms with Crippen LogP contribution in [0.15, 0.2) is 0 Å². The fraction of sp³-hybridized carbons (Fsp3) is 1.00. The SMILES string of the molecule is CC(C)(C)P(C(C)(C)C)[C]12[CH]3[CH]4[CH]5[CH]1[Fe]45321678[CH]2[CH]1[CH]6[CH]7[CH]28.Cl.Cl.[Pd]. The second kappa shape index (κ2) is 1.44.